The van der Waals surface area contributed by atoms with Gasteiger partial charge in [-0.3, -0.25) is 9.59 Å². The van der Waals surface area contributed by atoms with Gasteiger partial charge in [0.15, 0.2) is 0 Å². The van der Waals surface area contributed by atoms with Gasteiger partial charge in [-0.05, 0) is 18.9 Å². The molecule has 1 amide bonds. The summed E-state index contributed by atoms with van der Waals surface area (Å²) >= 11 is 1.58. The highest BCUT2D eigenvalue weighted by Gasteiger charge is 2.30. The zero-order chi connectivity index (χ0) is 14.8. The molecule has 1 aromatic heterocycles. The van der Waals surface area contributed by atoms with E-state index in [-0.39, 0.29) is 17.8 Å². The number of carbonyl (C=O) groups is 2. The molecule has 1 aromatic carbocycles. The Balaban J connectivity index is 1.83. The van der Waals surface area contributed by atoms with Crippen molar-refractivity contribution in [2.24, 2.45) is 5.92 Å². The summed E-state index contributed by atoms with van der Waals surface area (Å²) in [5.41, 5.74) is 0.737. The maximum absolute atomic E-state index is 12.7. The highest BCUT2D eigenvalue weighted by atomic mass is 32.1. The molecule has 21 heavy (non-hydrogen) atoms. The third-order valence-corrected chi connectivity index (χ3v) is 4.92. The molecule has 1 fully saturated rings. The van der Waals surface area contributed by atoms with E-state index >= 15 is 0 Å². The first-order chi connectivity index (χ1) is 10.2. The number of piperidine rings is 1. The van der Waals surface area contributed by atoms with Gasteiger partial charge in [-0.25, -0.2) is 0 Å². The fourth-order valence-electron chi connectivity index (χ4n) is 2.83. The van der Waals surface area contributed by atoms with E-state index in [1.165, 1.54) is 7.11 Å². The number of rotatable bonds is 2. The van der Waals surface area contributed by atoms with Crippen molar-refractivity contribution < 1.29 is 14.3 Å². The molecule has 0 aliphatic carbocycles. The van der Waals surface area contributed by atoms with E-state index < -0.39 is 0 Å². The molecule has 1 saturated heterocycles. The van der Waals surface area contributed by atoms with E-state index in [0.717, 1.165) is 28.5 Å². The average Bonchev–Trinajstić information content (AvgIpc) is 2.97. The molecule has 1 atom stereocenters. The monoisotopic (exact) mass is 303 g/mol. The smallest absolute Gasteiger partial charge is 0.310 e. The number of methoxy groups -OCH3 is 1. The molecule has 4 nitrogen and oxygen atoms in total. The number of ether oxygens (including phenoxy) is 1. The van der Waals surface area contributed by atoms with Crippen LogP contribution in [0.5, 0.6) is 0 Å². The third kappa shape index (κ3) is 2.65. The number of benzene rings is 1. The molecule has 0 bridgehead atoms. The number of thiophene rings is 1. The van der Waals surface area contributed by atoms with Crippen LogP contribution in [0.4, 0.5) is 0 Å². The first-order valence-corrected chi connectivity index (χ1v) is 7.92. The lowest BCUT2D eigenvalue weighted by Gasteiger charge is -2.31. The minimum atomic E-state index is -0.220. The van der Waals surface area contributed by atoms with E-state index in [9.17, 15) is 9.59 Å². The van der Waals surface area contributed by atoms with Gasteiger partial charge in [0.2, 0.25) is 0 Å². The van der Waals surface area contributed by atoms with Crippen LogP contribution < -0.4 is 0 Å². The van der Waals surface area contributed by atoms with Gasteiger partial charge in [0.05, 0.1) is 18.6 Å². The summed E-state index contributed by atoms with van der Waals surface area (Å²) in [6.45, 7) is 1.16. The molecular weight excluding hydrogens is 286 g/mol. The van der Waals surface area contributed by atoms with Crippen molar-refractivity contribution in [2.45, 2.75) is 12.8 Å². The van der Waals surface area contributed by atoms with Crippen LogP contribution in [-0.4, -0.2) is 37.0 Å². The lowest BCUT2D eigenvalue weighted by atomic mass is 9.97. The normalized spacial score (nSPS) is 18.7. The predicted octanol–water partition coefficient (Wildman–Crippen LogP) is 2.93. The molecule has 0 N–H and O–H groups in total. The van der Waals surface area contributed by atoms with Crippen molar-refractivity contribution in [3.05, 3.63) is 35.2 Å². The Labute approximate surface area is 127 Å². The first-order valence-electron chi connectivity index (χ1n) is 7.04. The second-order valence-corrected chi connectivity index (χ2v) is 6.17. The number of hydrogen-bond donors (Lipinski definition) is 0. The Morgan fingerprint density at radius 3 is 2.95 bits per heavy atom. The van der Waals surface area contributed by atoms with Gasteiger partial charge in [0.25, 0.3) is 5.91 Å². The zero-order valence-corrected chi connectivity index (χ0v) is 12.7. The van der Waals surface area contributed by atoms with Crippen LogP contribution in [0, 0.1) is 5.92 Å². The van der Waals surface area contributed by atoms with Crippen molar-refractivity contribution >= 4 is 33.3 Å². The molecule has 5 heteroatoms. The van der Waals surface area contributed by atoms with Crippen molar-refractivity contribution in [3.8, 4) is 0 Å². The number of nitrogens with zero attached hydrogens (tertiary/aromatic N) is 1. The van der Waals surface area contributed by atoms with Crippen LogP contribution in [0.1, 0.15) is 23.2 Å². The number of carbonyl (C=O) groups excluding carboxylic acids is 2. The fourth-order valence-corrected chi connectivity index (χ4v) is 3.77. The molecule has 2 aromatic rings. The van der Waals surface area contributed by atoms with E-state index in [0.29, 0.717) is 13.1 Å². The summed E-state index contributed by atoms with van der Waals surface area (Å²) in [4.78, 5) is 26.2. The summed E-state index contributed by atoms with van der Waals surface area (Å²) < 4.78 is 5.92. The Morgan fingerprint density at radius 2 is 2.14 bits per heavy atom. The van der Waals surface area contributed by atoms with Crippen molar-refractivity contribution in [3.63, 3.8) is 0 Å². The minimum Gasteiger partial charge on any atom is -0.469 e. The van der Waals surface area contributed by atoms with Crippen molar-refractivity contribution in [1.82, 2.24) is 4.90 Å². The number of amides is 1. The van der Waals surface area contributed by atoms with Gasteiger partial charge < -0.3 is 9.64 Å². The van der Waals surface area contributed by atoms with Gasteiger partial charge >= 0.3 is 5.97 Å². The highest BCUT2D eigenvalue weighted by Crippen LogP contribution is 2.28. The van der Waals surface area contributed by atoms with Crippen molar-refractivity contribution in [2.75, 3.05) is 20.2 Å². The molecule has 0 radical (unpaired) electrons. The molecule has 1 aliphatic rings. The largest absolute Gasteiger partial charge is 0.469 e. The Morgan fingerprint density at radius 1 is 1.33 bits per heavy atom. The second-order valence-electron chi connectivity index (χ2n) is 5.26. The van der Waals surface area contributed by atoms with Crippen molar-refractivity contribution in [1.29, 1.82) is 0 Å². The zero-order valence-electron chi connectivity index (χ0n) is 11.9. The van der Waals surface area contributed by atoms with Gasteiger partial charge in [-0.1, -0.05) is 18.2 Å². The van der Waals surface area contributed by atoms with Gasteiger partial charge in [-0.2, -0.15) is 0 Å². The number of esters is 1. The molecular formula is C16H17NO3S. The van der Waals surface area contributed by atoms with Gasteiger partial charge in [-0.15, -0.1) is 11.3 Å². The van der Waals surface area contributed by atoms with Gasteiger partial charge in [0, 0.05) is 28.6 Å². The lowest BCUT2D eigenvalue weighted by molar-refractivity contribution is -0.146. The summed E-state index contributed by atoms with van der Waals surface area (Å²) in [5, 5.41) is 2.90. The number of hydrogen-bond acceptors (Lipinski definition) is 4. The summed E-state index contributed by atoms with van der Waals surface area (Å²) in [6, 6.07) is 7.91. The Kier molecular flexibility index (Phi) is 3.92. The predicted molar refractivity (Wildman–Crippen MR) is 82.5 cm³/mol. The Bertz CT molecular complexity index is 679. The first kappa shape index (κ1) is 14.1. The van der Waals surface area contributed by atoms with Crippen LogP contribution in [0.2, 0.25) is 0 Å². The molecule has 1 unspecified atom stereocenters. The van der Waals surface area contributed by atoms with Crippen LogP contribution >= 0.6 is 11.3 Å². The van der Waals surface area contributed by atoms with E-state index in [2.05, 4.69) is 0 Å². The summed E-state index contributed by atoms with van der Waals surface area (Å²) in [6.07, 6.45) is 1.63. The van der Waals surface area contributed by atoms with Gasteiger partial charge in [0.1, 0.15) is 0 Å². The lowest BCUT2D eigenvalue weighted by Crippen LogP contribution is -2.42. The standard InChI is InChI=1S/C16H17NO3S/c1-20-16(19)11-5-4-8-17(9-11)15(18)13-10-21-14-7-3-2-6-12(13)14/h2-3,6-7,10-11H,4-5,8-9H2,1H3. The third-order valence-electron chi connectivity index (χ3n) is 3.95. The average molecular weight is 303 g/mol. The molecule has 0 saturated carbocycles. The van der Waals surface area contributed by atoms with Crippen LogP contribution in [0.3, 0.4) is 0 Å². The van der Waals surface area contributed by atoms with E-state index in [4.69, 9.17) is 4.74 Å². The maximum Gasteiger partial charge on any atom is 0.310 e. The quantitative estimate of drug-likeness (QED) is 0.801. The van der Waals surface area contributed by atoms with Crippen LogP contribution in [-0.2, 0) is 9.53 Å². The molecule has 1 aliphatic heterocycles. The van der Waals surface area contributed by atoms with Crippen LogP contribution in [0.15, 0.2) is 29.6 Å². The van der Waals surface area contributed by atoms with Crippen LogP contribution in [0.25, 0.3) is 10.1 Å². The second kappa shape index (κ2) is 5.85. The maximum atomic E-state index is 12.7. The molecule has 0 spiro atoms. The Hall–Kier alpha value is -1.88. The topological polar surface area (TPSA) is 46.6 Å². The summed E-state index contributed by atoms with van der Waals surface area (Å²) in [5.74, 6) is -0.402. The fraction of sp³-hybridized carbons (Fsp3) is 0.375. The molecule has 2 heterocycles. The van der Waals surface area contributed by atoms with E-state index in [1.54, 1.807) is 16.2 Å². The number of likely N-dealkylation sites (tertiary alicyclic amines) is 1. The highest BCUT2D eigenvalue weighted by molar-refractivity contribution is 7.17. The SMILES string of the molecule is COC(=O)C1CCCN(C(=O)c2csc3ccccc23)C1. The van der Waals surface area contributed by atoms with E-state index in [1.807, 2.05) is 29.6 Å². The summed E-state index contributed by atoms with van der Waals surface area (Å²) in [7, 11) is 1.40. The number of fused-ring (bicyclic) bond motifs is 1. The molecule has 3 rings (SSSR count). The minimum absolute atomic E-state index is 0.0149. The molecule has 110 valence electrons.